The number of hydrogen-bond acceptors (Lipinski definition) is 4. The first-order valence-corrected chi connectivity index (χ1v) is 9.44. The topological polar surface area (TPSA) is 45.5 Å². The summed E-state index contributed by atoms with van der Waals surface area (Å²) in [5, 5.41) is 9.00. The maximum atomic E-state index is 9.00. The molecule has 0 unspecified atom stereocenters. The first kappa shape index (κ1) is 19.5. The Morgan fingerprint density at radius 2 is 1.63 bits per heavy atom. The molecule has 0 radical (unpaired) electrons. The van der Waals surface area contributed by atoms with Crippen molar-refractivity contribution in [2.75, 3.05) is 11.4 Å². The Balaban J connectivity index is 1.80. The van der Waals surface area contributed by atoms with Gasteiger partial charge in [-0.3, -0.25) is 0 Å². The second-order valence-corrected chi connectivity index (χ2v) is 8.00. The fourth-order valence-corrected chi connectivity index (χ4v) is 3.16. The third-order valence-electron chi connectivity index (χ3n) is 5.46. The SMILES string of the molecule is CC1(C)OB(c2cccc(CN(CCC#N)c3ccccc3)c2)OC1(C)C. The fourth-order valence-electron chi connectivity index (χ4n) is 3.16. The largest absolute Gasteiger partial charge is 0.494 e. The molecule has 0 atom stereocenters. The Kier molecular flexibility index (Phi) is 5.60. The van der Waals surface area contributed by atoms with Crippen LogP contribution in [0.2, 0.25) is 0 Å². The fraction of sp³-hybridized carbons (Fsp3) is 0.409. The molecule has 1 fully saturated rings. The van der Waals surface area contributed by atoms with E-state index in [1.807, 2.05) is 30.3 Å². The van der Waals surface area contributed by atoms with Gasteiger partial charge in [0.2, 0.25) is 0 Å². The number of benzene rings is 2. The van der Waals surface area contributed by atoms with Crippen LogP contribution in [0.5, 0.6) is 0 Å². The quantitative estimate of drug-likeness (QED) is 0.731. The van der Waals surface area contributed by atoms with Crippen LogP contribution in [0.4, 0.5) is 5.69 Å². The van der Waals surface area contributed by atoms with Gasteiger partial charge in [-0.1, -0.05) is 42.5 Å². The van der Waals surface area contributed by atoms with E-state index < -0.39 is 0 Å². The van der Waals surface area contributed by atoms with Crippen molar-refractivity contribution in [3.8, 4) is 6.07 Å². The van der Waals surface area contributed by atoms with Crippen molar-refractivity contribution in [2.45, 2.75) is 51.9 Å². The molecule has 0 N–H and O–H groups in total. The minimum absolute atomic E-state index is 0.351. The van der Waals surface area contributed by atoms with Crippen LogP contribution in [0, 0.1) is 11.3 Å². The molecule has 0 aliphatic carbocycles. The standard InChI is InChI=1S/C22H27BN2O2/c1-21(2)22(3,4)27-23(26-21)19-11-8-10-18(16-19)17-25(15-9-14-24)20-12-6-5-7-13-20/h5-8,10-13,16H,9,15,17H2,1-4H3. The molecule has 2 aromatic rings. The minimum Gasteiger partial charge on any atom is -0.399 e. The molecule has 1 aliphatic heterocycles. The highest BCUT2D eigenvalue weighted by Gasteiger charge is 2.51. The third kappa shape index (κ3) is 4.35. The number of hydrogen-bond donors (Lipinski definition) is 0. The Bertz CT molecular complexity index is 799. The van der Waals surface area contributed by atoms with Crippen LogP contribution < -0.4 is 10.4 Å². The van der Waals surface area contributed by atoms with Gasteiger partial charge < -0.3 is 14.2 Å². The van der Waals surface area contributed by atoms with E-state index in [-0.39, 0.29) is 18.3 Å². The summed E-state index contributed by atoms with van der Waals surface area (Å²) in [6, 6.07) is 20.8. The normalized spacial score (nSPS) is 17.5. The molecule has 3 rings (SSSR count). The van der Waals surface area contributed by atoms with Crippen molar-refractivity contribution in [3.63, 3.8) is 0 Å². The average molecular weight is 362 g/mol. The first-order valence-electron chi connectivity index (χ1n) is 9.44. The van der Waals surface area contributed by atoms with Crippen LogP contribution in [0.1, 0.15) is 39.7 Å². The summed E-state index contributed by atoms with van der Waals surface area (Å²) in [5.74, 6) is 0. The van der Waals surface area contributed by atoms with Crippen molar-refractivity contribution >= 4 is 18.3 Å². The van der Waals surface area contributed by atoms with Gasteiger partial charge >= 0.3 is 7.12 Å². The van der Waals surface area contributed by atoms with Crippen LogP contribution in [-0.2, 0) is 15.9 Å². The zero-order valence-electron chi connectivity index (χ0n) is 16.6. The van der Waals surface area contributed by atoms with E-state index in [0.29, 0.717) is 13.0 Å². The van der Waals surface area contributed by atoms with E-state index >= 15 is 0 Å². The van der Waals surface area contributed by atoms with Crippen LogP contribution >= 0.6 is 0 Å². The van der Waals surface area contributed by atoms with Crippen molar-refractivity contribution < 1.29 is 9.31 Å². The van der Waals surface area contributed by atoms with Crippen molar-refractivity contribution in [2.24, 2.45) is 0 Å². The smallest absolute Gasteiger partial charge is 0.399 e. The lowest BCUT2D eigenvalue weighted by molar-refractivity contribution is 0.00578. The molecule has 27 heavy (non-hydrogen) atoms. The van der Waals surface area contributed by atoms with Crippen LogP contribution in [0.3, 0.4) is 0 Å². The molecular formula is C22H27BN2O2. The molecule has 1 aliphatic rings. The molecular weight excluding hydrogens is 335 g/mol. The van der Waals surface area contributed by atoms with Crippen molar-refractivity contribution in [1.29, 1.82) is 5.26 Å². The van der Waals surface area contributed by atoms with Gasteiger partial charge in [0, 0.05) is 18.8 Å². The average Bonchev–Trinajstić information content (AvgIpc) is 2.87. The van der Waals surface area contributed by atoms with E-state index in [0.717, 1.165) is 17.7 Å². The number of nitriles is 1. The number of rotatable bonds is 6. The molecule has 1 saturated heterocycles. The minimum atomic E-state index is -0.362. The van der Waals surface area contributed by atoms with Crippen LogP contribution in [0.25, 0.3) is 0 Å². The monoisotopic (exact) mass is 362 g/mol. The Hall–Kier alpha value is -2.29. The van der Waals surface area contributed by atoms with E-state index in [9.17, 15) is 0 Å². The van der Waals surface area contributed by atoms with Crippen LogP contribution in [0.15, 0.2) is 54.6 Å². The lowest BCUT2D eigenvalue weighted by atomic mass is 9.78. The third-order valence-corrected chi connectivity index (χ3v) is 5.46. The summed E-state index contributed by atoms with van der Waals surface area (Å²) < 4.78 is 12.4. The number of nitrogens with zero attached hydrogens (tertiary/aromatic N) is 2. The molecule has 4 nitrogen and oxygen atoms in total. The van der Waals surface area contributed by atoms with Gasteiger partial charge in [0.25, 0.3) is 0 Å². The zero-order chi connectivity index (χ0) is 19.5. The summed E-state index contributed by atoms with van der Waals surface area (Å²) in [6.45, 7) is 9.69. The summed E-state index contributed by atoms with van der Waals surface area (Å²) in [5.41, 5.74) is 2.62. The molecule has 140 valence electrons. The van der Waals surface area contributed by atoms with Gasteiger partial charge in [-0.25, -0.2) is 0 Å². The second-order valence-electron chi connectivity index (χ2n) is 8.00. The van der Waals surface area contributed by atoms with Gasteiger partial charge in [-0.15, -0.1) is 0 Å². The second kappa shape index (κ2) is 7.76. The molecule has 0 spiro atoms. The maximum absolute atomic E-state index is 9.00. The van der Waals surface area contributed by atoms with E-state index in [2.05, 4.69) is 62.9 Å². The molecule has 2 aromatic carbocycles. The van der Waals surface area contributed by atoms with Gasteiger partial charge in [-0.2, -0.15) is 5.26 Å². The summed E-state index contributed by atoms with van der Waals surface area (Å²) in [7, 11) is -0.362. The van der Waals surface area contributed by atoms with Gasteiger partial charge in [-0.05, 0) is 50.9 Å². The zero-order valence-corrected chi connectivity index (χ0v) is 16.6. The van der Waals surface area contributed by atoms with Crippen molar-refractivity contribution in [3.05, 3.63) is 60.2 Å². The molecule has 5 heteroatoms. The predicted molar refractivity (Wildman–Crippen MR) is 110 cm³/mol. The van der Waals surface area contributed by atoms with E-state index in [4.69, 9.17) is 14.6 Å². The first-order chi connectivity index (χ1) is 12.8. The van der Waals surface area contributed by atoms with Crippen LogP contribution in [-0.4, -0.2) is 24.9 Å². The lowest BCUT2D eigenvalue weighted by Gasteiger charge is -2.32. The Morgan fingerprint density at radius 3 is 2.26 bits per heavy atom. The van der Waals surface area contributed by atoms with E-state index in [1.165, 1.54) is 5.56 Å². The highest BCUT2D eigenvalue weighted by molar-refractivity contribution is 6.62. The summed E-state index contributed by atoms with van der Waals surface area (Å²) in [6.07, 6.45) is 0.492. The Morgan fingerprint density at radius 1 is 0.963 bits per heavy atom. The summed E-state index contributed by atoms with van der Waals surface area (Å²) >= 11 is 0. The molecule has 0 bridgehead atoms. The number of anilines is 1. The highest BCUT2D eigenvalue weighted by Crippen LogP contribution is 2.36. The lowest BCUT2D eigenvalue weighted by Crippen LogP contribution is -2.41. The molecule has 1 heterocycles. The van der Waals surface area contributed by atoms with Gasteiger partial charge in [0.1, 0.15) is 0 Å². The molecule has 0 aromatic heterocycles. The van der Waals surface area contributed by atoms with E-state index in [1.54, 1.807) is 0 Å². The predicted octanol–water partition coefficient (Wildman–Crippen LogP) is 3.91. The highest BCUT2D eigenvalue weighted by atomic mass is 16.7. The number of para-hydroxylation sites is 1. The van der Waals surface area contributed by atoms with Gasteiger partial charge in [0.05, 0.1) is 23.7 Å². The van der Waals surface area contributed by atoms with Gasteiger partial charge in [0.15, 0.2) is 0 Å². The Labute approximate surface area is 162 Å². The van der Waals surface area contributed by atoms with Crippen molar-refractivity contribution in [1.82, 2.24) is 0 Å². The maximum Gasteiger partial charge on any atom is 0.494 e. The molecule has 0 saturated carbocycles. The molecule has 0 amide bonds. The summed E-state index contributed by atoms with van der Waals surface area (Å²) in [4.78, 5) is 2.23.